The van der Waals surface area contributed by atoms with Gasteiger partial charge in [0, 0.05) is 0 Å². The SMILES string of the molecule is O=C(C=NNc1ccccc1)C(F)(F)C(F)(F)C(F)(F)F. The molecule has 0 aliphatic rings. The number of Topliss-reactive ketones (excluding diaryl/α,β-unsaturated/α-hetero) is 1. The van der Waals surface area contributed by atoms with Gasteiger partial charge in [-0.3, -0.25) is 10.2 Å². The Bertz CT molecular complexity index is 525. The van der Waals surface area contributed by atoms with Gasteiger partial charge in [0.05, 0.1) is 11.9 Å². The van der Waals surface area contributed by atoms with Gasteiger partial charge in [-0.1, -0.05) is 18.2 Å². The maximum Gasteiger partial charge on any atom is 0.460 e. The highest BCUT2D eigenvalue weighted by atomic mass is 19.4. The Hall–Kier alpha value is -2.13. The van der Waals surface area contributed by atoms with E-state index in [9.17, 15) is 35.5 Å². The predicted octanol–water partition coefficient (Wildman–Crippen LogP) is 3.49. The normalized spacial score (nSPS) is 13.5. The number of benzene rings is 1. The molecule has 0 atom stereocenters. The monoisotopic (exact) mass is 316 g/mol. The Morgan fingerprint density at radius 1 is 1.00 bits per heavy atom. The van der Waals surface area contributed by atoms with Crippen LogP contribution in [0.25, 0.3) is 0 Å². The number of nitrogens with zero attached hydrogens (tertiary/aromatic N) is 1. The first-order valence-electron chi connectivity index (χ1n) is 5.21. The van der Waals surface area contributed by atoms with E-state index in [4.69, 9.17) is 0 Å². The van der Waals surface area contributed by atoms with Gasteiger partial charge in [0.2, 0.25) is 0 Å². The lowest BCUT2D eigenvalue weighted by atomic mass is 10.1. The number of hydrogen-bond donors (Lipinski definition) is 1. The molecule has 1 N–H and O–H groups in total. The first kappa shape index (κ1) is 16.9. The molecule has 10 heteroatoms. The number of para-hydroxylation sites is 1. The molecule has 0 bridgehead atoms. The third-order valence-corrected chi connectivity index (χ3v) is 2.21. The van der Waals surface area contributed by atoms with E-state index in [0.717, 1.165) is 0 Å². The van der Waals surface area contributed by atoms with Crippen molar-refractivity contribution in [1.29, 1.82) is 0 Å². The number of alkyl halides is 7. The third-order valence-electron chi connectivity index (χ3n) is 2.21. The van der Waals surface area contributed by atoms with Gasteiger partial charge in [-0.2, -0.15) is 35.8 Å². The van der Waals surface area contributed by atoms with Gasteiger partial charge in [0.25, 0.3) is 5.78 Å². The summed E-state index contributed by atoms with van der Waals surface area (Å²) in [6, 6.07) is 7.39. The zero-order chi connectivity index (χ0) is 16.3. The molecule has 1 aromatic carbocycles. The number of hydrazone groups is 1. The second-order valence-corrected chi connectivity index (χ2v) is 3.75. The summed E-state index contributed by atoms with van der Waals surface area (Å²) in [5.41, 5.74) is 2.24. The van der Waals surface area contributed by atoms with Gasteiger partial charge < -0.3 is 0 Å². The highest BCUT2D eigenvalue weighted by Gasteiger charge is 2.75. The third kappa shape index (κ3) is 3.50. The quantitative estimate of drug-likeness (QED) is 0.513. The molecular weight excluding hydrogens is 309 g/mol. The number of rotatable bonds is 5. The van der Waals surface area contributed by atoms with Crippen molar-refractivity contribution in [2.75, 3.05) is 5.43 Å². The Labute approximate surface area is 113 Å². The minimum absolute atomic E-state index is 0.215. The summed E-state index contributed by atoms with van der Waals surface area (Å²) < 4.78 is 86.3. The van der Waals surface area contributed by atoms with Gasteiger partial charge in [-0.25, -0.2) is 0 Å². The summed E-state index contributed by atoms with van der Waals surface area (Å²) in [5.74, 6) is -15.2. The minimum Gasteiger partial charge on any atom is -0.286 e. The number of carbonyl (C=O) groups excluding carboxylic acids is 1. The number of nitrogens with one attached hydrogen (secondary N) is 1. The van der Waals surface area contributed by atoms with Crippen LogP contribution in [0.3, 0.4) is 0 Å². The van der Waals surface area contributed by atoms with E-state index in [1.54, 1.807) is 6.07 Å². The van der Waals surface area contributed by atoms with Crippen molar-refractivity contribution in [3.63, 3.8) is 0 Å². The topological polar surface area (TPSA) is 41.5 Å². The molecule has 0 aliphatic carbocycles. The lowest BCUT2D eigenvalue weighted by Gasteiger charge is -2.25. The molecule has 0 aliphatic heterocycles. The highest BCUT2D eigenvalue weighted by molar-refractivity contribution is 6.31. The summed E-state index contributed by atoms with van der Waals surface area (Å²) in [7, 11) is 0. The van der Waals surface area contributed by atoms with E-state index >= 15 is 0 Å². The first-order valence-corrected chi connectivity index (χ1v) is 5.21. The lowest BCUT2D eigenvalue weighted by Crippen LogP contribution is -2.56. The minimum atomic E-state index is -6.56. The molecule has 0 radical (unpaired) electrons. The van der Waals surface area contributed by atoms with Crippen LogP contribution >= 0.6 is 0 Å². The molecule has 1 aromatic rings. The van der Waals surface area contributed by atoms with E-state index in [1.165, 1.54) is 24.3 Å². The van der Waals surface area contributed by atoms with Gasteiger partial charge in [-0.15, -0.1) is 0 Å². The highest BCUT2D eigenvalue weighted by Crippen LogP contribution is 2.46. The Balaban J connectivity index is 2.83. The van der Waals surface area contributed by atoms with Crippen LogP contribution in [0.1, 0.15) is 0 Å². The molecule has 0 aromatic heterocycles. The predicted molar refractivity (Wildman–Crippen MR) is 59.5 cm³/mol. The summed E-state index contributed by atoms with van der Waals surface area (Å²) in [6.45, 7) is 0. The second-order valence-electron chi connectivity index (χ2n) is 3.75. The van der Waals surface area contributed by atoms with Gasteiger partial charge in [0.1, 0.15) is 0 Å². The van der Waals surface area contributed by atoms with E-state index < -0.39 is 23.8 Å². The van der Waals surface area contributed by atoms with Gasteiger partial charge in [0.15, 0.2) is 0 Å². The van der Waals surface area contributed by atoms with Crippen molar-refractivity contribution >= 4 is 17.7 Å². The number of ketones is 1. The van der Waals surface area contributed by atoms with Crippen LogP contribution in [0.15, 0.2) is 35.4 Å². The zero-order valence-corrected chi connectivity index (χ0v) is 9.97. The Morgan fingerprint density at radius 2 is 1.52 bits per heavy atom. The van der Waals surface area contributed by atoms with Crippen LogP contribution in [0.2, 0.25) is 0 Å². The standard InChI is InChI=1S/C11H7F7N2O/c12-9(13,10(14,15)11(16,17)18)8(21)6-19-20-7-4-2-1-3-5-7/h1-6,20H. The summed E-state index contributed by atoms with van der Waals surface area (Å²) >= 11 is 0. The molecule has 21 heavy (non-hydrogen) atoms. The zero-order valence-electron chi connectivity index (χ0n) is 9.97. The molecule has 0 amide bonds. The summed E-state index contributed by atoms with van der Waals surface area (Å²) in [4.78, 5) is 10.8. The molecule has 0 saturated carbocycles. The van der Waals surface area contributed by atoms with Crippen LogP contribution in [-0.2, 0) is 4.79 Å². The smallest absolute Gasteiger partial charge is 0.286 e. The van der Waals surface area contributed by atoms with Gasteiger partial charge in [-0.05, 0) is 12.1 Å². The average molecular weight is 316 g/mol. The van der Waals surface area contributed by atoms with Crippen LogP contribution in [0.4, 0.5) is 36.4 Å². The van der Waals surface area contributed by atoms with Crippen LogP contribution in [0, 0.1) is 0 Å². The van der Waals surface area contributed by atoms with E-state index in [2.05, 4.69) is 5.10 Å². The molecule has 1 rings (SSSR count). The molecule has 0 heterocycles. The van der Waals surface area contributed by atoms with Crippen molar-refractivity contribution < 1.29 is 35.5 Å². The Kier molecular flexibility index (Phi) is 4.59. The fourth-order valence-corrected chi connectivity index (χ4v) is 1.09. The van der Waals surface area contributed by atoms with Crippen molar-refractivity contribution in [3.8, 4) is 0 Å². The van der Waals surface area contributed by atoms with Gasteiger partial charge >= 0.3 is 18.0 Å². The fourth-order valence-electron chi connectivity index (χ4n) is 1.09. The van der Waals surface area contributed by atoms with Crippen molar-refractivity contribution in [2.24, 2.45) is 5.10 Å². The molecule has 0 spiro atoms. The molecule has 3 nitrogen and oxygen atoms in total. The summed E-state index contributed by atoms with van der Waals surface area (Å²) in [5, 5.41) is 2.90. The Morgan fingerprint density at radius 3 is 2.00 bits per heavy atom. The molecule has 116 valence electrons. The van der Waals surface area contributed by atoms with Crippen LogP contribution in [-0.4, -0.2) is 30.0 Å². The van der Waals surface area contributed by atoms with Crippen molar-refractivity contribution in [3.05, 3.63) is 30.3 Å². The van der Waals surface area contributed by atoms with E-state index in [0.29, 0.717) is 0 Å². The average Bonchev–Trinajstić information content (AvgIpc) is 2.38. The molecule has 0 fully saturated rings. The van der Waals surface area contributed by atoms with Crippen LogP contribution < -0.4 is 5.43 Å². The first-order chi connectivity index (χ1) is 9.50. The fraction of sp³-hybridized carbons (Fsp3) is 0.273. The van der Waals surface area contributed by atoms with Crippen LogP contribution in [0.5, 0.6) is 0 Å². The number of hydrogen-bond acceptors (Lipinski definition) is 3. The molecule has 0 saturated heterocycles. The maximum absolute atomic E-state index is 12.9. The maximum atomic E-state index is 12.9. The number of carbonyl (C=O) groups is 1. The lowest BCUT2D eigenvalue weighted by molar-refractivity contribution is -0.342. The van der Waals surface area contributed by atoms with E-state index in [-0.39, 0.29) is 11.9 Å². The van der Waals surface area contributed by atoms with Crippen molar-refractivity contribution in [1.82, 2.24) is 0 Å². The number of anilines is 1. The second kappa shape index (κ2) is 5.70. The van der Waals surface area contributed by atoms with Crippen molar-refractivity contribution in [2.45, 2.75) is 18.0 Å². The van der Waals surface area contributed by atoms with E-state index in [1.807, 2.05) is 5.43 Å². The largest absolute Gasteiger partial charge is 0.460 e. The summed E-state index contributed by atoms with van der Waals surface area (Å²) in [6.07, 6.45) is -6.89. The number of halogens is 7. The molecule has 0 unspecified atom stereocenters. The molecular formula is C11H7F7N2O.